The van der Waals surface area contributed by atoms with Gasteiger partial charge in [0.05, 0.1) is 0 Å². The Morgan fingerprint density at radius 3 is 1.54 bits per heavy atom. The molecule has 0 bridgehead atoms. The van der Waals surface area contributed by atoms with Crippen molar-refractivity contribution in [1.82, 2.24) is 0 Å². The Balaban J connectivity index is -0.0000000536. The van der Waals surface area contributed by atoms with E-state index in [1.165, 1.54) is 6.42 Å². The van der Waals surface area contributed by atoms with E-state index in [4.69, 9.17) is 0 Å². The van der Waals surface area contributed by atoms with Crippen LogP contribution in [0.3, 0.4) is 0 Å². The van der Waals surface area contributed by atoms with Crippen molar-refractivity contribution in [2.24, 2.45) is 0 Å². The van der Waals surface area contributed by atoms with Crippen molar-refractivity contribution >= 4 is 0 Å². The number of hydrogen-bond donors (Lipinski definition) is 0. The van der Waals surface area contributed by atoms with Gasteiger partial charge in [-0.2, -0.15) is 42.8 Å². The number of rotatable bonds is 1. The fourth-order valence-electron chi connectivity index (χ4n) is 0.342. The molecule has 1 rings (SSSR count). The van der Waals surface area contributed by atoms with E-state index in [0.717, 1.165) is 6.42 Å². The van der Waals surface area contributed by atoms with Crippen molar-refractivity contribution in [1.29, 1.82) is 0 Å². The van der Waals surface area contributed by atoms with Gasteiger partial charge in [0.1, 0.15) is 0 Å². The normalized spacial score (nSPS) is 6.00. The van der Waals surface area contributed by atoms with Gasteiger partial charge in [-0.3, -0.25) is 0 Å². The van der Waals surface area contributed by atoms with Gasteiger partial charge in [-0.15, -0.1) is 0 Å². The van der Waals surface area contributed by atoms with Gasteiger partial charge in [-0.1, -0.05) is 13.3 Å². The summed E-state index contributed by atoms with van der Waals surface area (Å²) in [5.41, 5.74) is 0. The molecule has 13 heavy (non-hydrogen) atoms. The Hall–Kier alpha value is 0.514. The van der Waals surface area contributed by atoms with Crippen LogP contribution in [0.4, 0.5) is 0 Å². The molecular formula is C10H14Cl2Ti. The third-order valence-corrected chi connectivity index (χ3v) is 0.961. The summed E-state index contributed by atoms with van der Waals surface area (Å²) in [5.74, 6) is 0. The molecule has 0 atom stereocenters. The average Bonchev–Trinajstić information content (AvgIpc) is 2.08. The predicted octanol–water partition coefficient (Wildman–Crippen LogP) is -2.89. The Labute approximate surface area is 109 Å². The second kappa shape index (κ2) is 22.9. The minimum Gasteiger partial charge on any atom is -1.00 e. The molecule has 0 amide bonds. The smallest absolute Gasteiger partial charge is 1.00 e. The van der Waals surface area contributed by atoms with Crippen LogP contribution in [0.25, 0.3) is 0 Å². The van der Waals surface area contributed by atoms with Crippen molar-refractivity contribution in [3.8, 4) is 0 Å². The largest absolute Gasteiger partial charge is 4.00 e. The summed E-state index contributed by atoms with van der Waals surface area (Å²) >= 11 is 0. The molecule has 0 aromatic heterocycles. The van der Waals surface area contributed by atoms with E-state index in [1.54, 1.807) is 0 Å². The summed E-state index contributed by atoms with van der Waals surface area (Å²) in [4.78, 5) is 0. The van der Waals surface area contributed by atoms with Crippen LogP contribution in [0, 0.1) is 13.0 Å². The number of benzene rings is 1. The Morgan fingerprint density at radius 1 is 1.08 bits per heavy atom. The van der Waals surface area contributed by atoms with Gasteiger partial charge in [0.25, 0.3) is 0 Å². The summed E-state index contributed by atoms with van der Waals surface area (Å²) in [6.07, 6.45) is 2.28. The summed E-state index contributed by atoms with van der Waals surface area (Å²) in [6.45, 7) is 5.72. The number of unbranched alkanes of at least 4 members (excludes halogenated alkanes) is 1. The van der Waals surface area contributed by atoms with Crippen LogP contribution in [0.1, 0.15) is 19.8 Å². The number of halogens is 2. The van der Waals surface area contributed by atoms with Crippen LogP contribution in [0.5, 0.6) is 0 Å². The molecule has 72 valence electrons. The molecule has 0 N–H and O–H groups in total. The molecule has 0 fully saturated rings. The molecule has 0 spiro atoms. The van der Waals surface area contributed by atoms with Crippen molar-refractivity contribution in [3.05, 3.63) is 43.3 Å². The summed E-state index contributed by atoms with van der Waals surface area (Å²) < 4.78 is 0. The van der Waals surface area contributed by atoms with Gasteiger partial charge in [-0.25, -0.2) is 0 Å². The van der Waals surface area contributed by atoms with Crippen LogP contribution < -0.4 is 24.8 Å². The van der Waals surface area contributed by atoms with E-state index in [9.17, 15) is 0 Å². The first kappa shape index (κ1) is 23.4. The topological polar surface area (TPSA) is 0 Å². The zero-order valence-electron chi connectivity index (χ0n) is 7.76. The van der Waals surface area contributed by atoms with Crippen LogP contribution in [0.2, 0.25) is 0 Å². The third-order valence-electron chi connectivity index (χ3n) is 0.961. The van der Waals surface area contributed by atoms with Crippen LogP contribution in [0.15, 0.2) is 30.3 Å². The first-order valence-corrected chi connectivity index (χ1v) is 3.62. The molecule has 0 saturated heterocycles. The maximum absolute atomic E-state index is 3.60. The van der Waals surface area contributed by atoms with Crippen molar-refractivity contribution in [2.75, 3.05) is 0 Å². The molecule has 0 heterocycles. The minimum absolute atomic E-state index is 0. The quantitative estimate of drug-likeness (QED) is 0.372. The van der Waals surface area contributed by atoms with Gasteiger partial charge in [-0.05, 0) is 0 Å². The van der Waals surface area contributed by atoms with E-state index < -0.39 is 0 Å². The Bertz CT molecular complexity index is 105. The third kappa shape index (κ3) is 24.5. The number of hydrogen-bond acceptors (Lipinski definition) is 0. The van der Waals surface area contributed by atoms with Crippen molar-refractivity contribution < 1.29 is 46.5 Å². The minimum atomic E-state index is 0. The van der Waals surface area contributed by atoms with Gasteiger partial charge in [0, 0.05) is 0 Å². The van der Waals surface area contributed by atoms with Crippen LogP contribution >= 0.6 is 0 Å². The maximum atomic E-state index is 3.60. The van der Waals surface area contributed by atoms with E-state index in [2.05, 4.69) is 19.9 Å². The molecule has 1 aromatic carbocycles. The van der Waals surface area contributed by atoms with Crippen molar-refractivity contribution in [2.45, 2.75) is 19.8 Å². The first-order valence-electron chi connectivity index (χ1n) is 3.62. The summed E-state index contributed by atoms with van der Waals surface area (Å²) in [6, 6.07) is 12.5. The van der Waals surface area contributed by atoms with E-state index in [-0.39, 0.29) is 46.5 Å². The molecule has 0 unspecified atom stereocenters. The molecule has 1 aromatic rings. The fourth-order valence-corrected chi connectivity index (χ4v) is 0.342. The molecule has 0 aliphatic heterocycles. The molecule has 0 aliphatic carbocycles. The Kier molecular flexibility index (Phi) is 41.2. The van der Waals surface area contributed by atoms with Crippen molar-refractivity contribution in [3.63, 3.8) is 0 Å². The fraction of sp³-hybridized carbons (Fsp3) is 0.300. The van der Waals surface area contributed by atoms with Crippen LogP contribution in [-0.4, -0.2) is 0 Å². The van der Waals surface area contributed by atoms with Gasteiger partial charge in [0.15, 0.2) is 0 Å². The standard InChI is InChI=1S/C6H5.C4H9.2ClH.Ti/c1-2-4-6-5-3-1;1-3-4-2;;;/h1-5H;1,3-4H2,2H3;2*1H;/q2*-1;;;+4/p-2. The van der Waals surface area contributed by atoms with Gasteiger partial charge >= 0.3 is 21.7 Å². The zero-order valence-corrected chi connectivity index (χ0v) is 10.8. The molecule has 0 radical (unpaired) electrons. The summed E-state index contributed by atoms with van der Waals surface area (Å²) in [7, 11) is 0. The molecule has 0 aliphatic rings. The molecule has 0 nitrogen and oxygen atoms in total. The zero-order chi connectivity index (χ0) is 7.66. The van der Waals surface area contributed by atoms with Crippen LogP contribution in [-0.2, 0) is 21.7 Å². The molecule has 0 saturated carbocycles. The Morgan fingerprint density at radius 2 is 1.46 bits per heavy atom. The predicted molar refractivity (Wildman–Crippen MR) is 45.5 cm³/mol. The van der Waals surface area contributed by atoms with E-state index >= 15 is 0 Å². The maximum Gasteiger partial charge on any atom is 4.00 e. The van der Waals surface area contributed by atoms with Gasteiger partial charge in [0.2, 0.25) is 0 Å². The summed E-state index contributed by atoms with van der Waals surface area (Å²) in [5, 5.41) is 0. The molecular weight excluding hydrogens is 239 g/mol. The molecule has 3 heteroatoms. The van der Waals surface area contributed by atoms with Gasteiger partial charge < -0.3 is 31.7 Å². The first-order chi connectivity index (χ1) is 4.91. The van der Waals surface area contributed by atoms with E-state index in [0.29, 0.717) is 0 Å². The SMILES string of the molecule is [CH2-]CCC.[Cl-].[Cl-].[Ti+4].[c-]1ccccc1. The second-order valence-corrected chi connectivity index (χ2v) is 1.93. The monoisotopic (exact) mass is 252 g/mol. The average molecular weight is 253 g/mol. The van der Waals surface area contributed by atoms with E-state index in [1.807, 2.05) is 30.3 Å². The second-order valence-electron chi connectivity index (χ2n) is 1.93.